The lowest BCUT2D eigenvalue weighted by molar-refractivity contribution is 0.218. The molecule has 0 radical (unpaired) electrons. The zero-order chi connectivity index (χ0) is 13.9. The Morgan fingerprint density at radius 3 is 2.42 bits per heavy atom. The van der Waals surface area contributed by atoms with Gasteiger partial charge in [-0.2, -0.15) is 5.10 Å². The number of hydrogen-bond acceptors (Lipinski definition) is 1. The van der Waals surface area contributed by atoms with Gasteiger partial charge in [-0.15, -0.1) is 0 Å². The van der Waals surface area contributed by atoms with E-state index in [9.17, 15) is 0 Å². The van der Waals surface area contributed by atoms with Crippen molar-refractivity contribution in [3.8, 4) is 0 Å². The van der Waals surface area contributed by atoms with Gasteiger partial charge in [-0.05, 0) is 54.0 Å². The molecule has 0 aliphatic heterocycles. The third-order valence-corrected chi connectivity index (χ3v) is 6.54. The number of aryl methyl sites for hydroxylation is 2. The highest BCUT2D eigenvalue weighted by Gasteiger charge is 2.33. The third-order valence-electron chi connectivity index (χ3n) is 4.43. The molecule has 2 nitrogen and oxygen atoms in total. The van der Waals surface area contributed by atoms with Crippen LogP contribution in [0, 0.1) is 5.41 Å². The summed E-state index contributed by atoms with van der Waals surface area (Å²) in [7, 11) is 0. The molecule has 1 heterocycles. The molecule has 1 aromatic heterocycles. The normalized spacial score (nSPS) is 18.7. The van der Waals surface area contributed by atoms with Crippen molar-refractivity contribution in [2.45, 2.75) is 65.3 Å². The summed E-state index contributed by atoms with van der Waals surface area (Å²) in [5, 5.41) is 5.85. The Balaban J connectivity index is 2.28. The topological polar surface area (TPSA) is 17.8 Å². The van der Waals surface area contributed by atoms with E-state index in [4.69, 9.17) is 5.10 Å². The van der Waals surface area contributed by atoms with Crippen LogP contribution < -0.4 is 0 Å². The molecule has 19 heavy (non-hydrogen) atoms. The fourth-order valence-corrected chi connectivity index (χ4v) is 4.66. The molecule has 0 saturated heterocycles. The summed E-state index contributed by atoms with van der Waals surface area (Å²) in [5.41, 5.74) is 3.05. The van der Waals surface area contributed by atoms with Crippen LogP contribution in [0.2, 0.25) is 0 Å². The van der Waals surface area contributed by atoms with E-state index in [0.717, 1.165) is 24.7 Å². The maximum absolute atomic E-state index is 4.73. The molecule has 0 unspecified atom stereocenters. The second kappa shape index (κ2) is 6.75. The third kappa shape index (κ3) is 3.26. The van der Waals surface area contributed by atoms with E-state index >= 15 is 0 Å². The highest BCUT2D eigenvalue weighted by atomic mass is 79.9. The van der Waals surface area contributed by atoms with Gasteiger partial charge in [0.2, 0.25) is 0 Å². The molecule has 0 aromatic carbocycles. The summed E-state index contributed by atoms with van der Waals surface area (Å²) >= 11 is 7.56. The van der Waals surface area contributed by atoms with Crippen LogP contribution >= 0.6 is 31.9 Å². The number of halogens is 2. The van der Waals surface area contributed by atoms with Crippen molar-refractivity contribution in [2.75, 3.05) is 5.33 Å². The zero-order valence-corrected chi connectivity index (χ0v) is 15.2. The van der Waals surface area contributed by atoms with E-state index in [1.54, 1.807) is 0 Å². The van der Waals surface area contributed by atoms with E-state index in [-0.39, 0.29) is 0 Å². The van der Waals surface area contributed by atoms with Gasteiger partial charge < -0.3 is 0 Å². The van der Waals surface area contributed by atoms with Crippen molar-refractivity contribution in [3.63, 3.8) is 0 Å². The Bertz CT molecular complexity index is 420. The minimum atomic E-state index is 0.443. The Labute approximate surface area is 133 Å². The van der Waals surface area contributed by atoms with Gasteiger partial charge >= 0.3 is 0 Å². The van der Waals surface area contributed by atoms with Gasteiger partial charge in [-0.1, -0.05) is 42.1 Å². The van der Waals surface area contributed by atoms with Crippen molar-refractivity contribution < 1.29 is 0 Å². The fourth-order valence-electron chi connectivity index (χ4n) is 3.20. The van der Waals surface area contributed by atoms with Gasteiger partial charge in [-0.3, -0.25) is 4.68 Å². The predicted molar refractivity (Wildman–Crippen MR) is 88.0 cm³/mol. The lowest BCUT2D eigenvalue weighted by Crippen LogP contribution is -2.29. The molecule has 0 spiro atoms. The van der Waals surface area contributed by atoms with Crippen LogP contribution in [0.25, 0.3) is 0 Å². The summed E-state index contributed by atoms with van der Waals surface area (Å²) in [6.07, 6.45) is 9.01. The lowest BCUT2D eigenvalue weighted by Gasteiger charge is -2.36. The highest BCUT2D eigenvalue weighted by Crippen LogP contribution is 2.42. The van der Waals surface area contributed by atoms with Crippen molar-refractivity contribution in [1.29, 1.82) is 0 Å². The van der Waals surface area contributed by atoms with Crippen molar-refractivity contribution >= 4 is 31.9 Å². The van der Waals surface area contributed by atoms with Crippen LogP contribution in [0.3, 0.4) is 0 Å². The number of nitrogens with zero attached hydrogens (tertiary/aromatic N) is 2. The summed E-state index contributed by atoms with van der Waals surface area (Å²) in [6.45, 7) is 5.33. The molecular weight excluding hydrogens is 368 g/mol. The van der Waals surface area contributed by atoms with Gasteiger partial charge in [0.05, 0.1) is 15.9 Å². The molecule has 0 atom stereocenters. The number of alkyl halides is 1. The predicted octanol–water partition coefficient (Wildman–Crippen LogP) is 5.12. The molecule has 4 heteroatoms. The van der Waals surface area contributed by atoms with Gasteiger partial charge in [0.25, 0.3) is 0 Å². The standard InChI is InChI=1S/C15H24Br2N2/c1-3-12-14(17)13(19(4-2)18-12)10-15(11-16)8-6-5-7-9-15/h3-11H2,1-2H3. The summed E-state index contributed by atoms with van der Waals surface area (Å²) in [5.74, 6) is 0. The molecule has 0 N–H and O–H groups in total. The summed E-state index contributed by atoms with van der Waals surface area (Å²) in [4.78, 5) is 0. The first-order chi connectivity index (χ1) is 9.15. The minimum Gasteiger partial charge on any atom is -0.268 e. The first-order valence-electron chi connectivity index (χ1n) is 7.46. The molecule has 108 valence electrons. The quantitative estimate of drug-likeness (QED) is 0.637. The first-order valence-corrected chi connectivity index (χ1v) is 9.37. The van der Waals surface area contributed by atoms with Gasteiger partial charge in [0.1, 0.15) is 0 Å². The van der Waals surface area contributed by atoms with E-state index in [2.05, 4.69) is 50.4 Å². The Hall–Kier alpha value is 0.170. The average molecular weight is 392 g/mol. The molecule has 1 aliphatic carbocycles. The monoisotopic (exact) mass is 390 g/mol. The maximum atomic E-state index is 4.73. The molecular formula is C15H24Br2N2. The Morgan fingerprint density at radius 1 is 1.21 bits per heavy atom. The Kier molecular flexibility index (Phi) is 5.53. The molecule has 1 saturated carbocycles. The number of rotatable bonds is 5. The van der Waals surface area contributed by atoms with E-state index < -0.39 is 0 Å². The Morgan fingerprint density at radius 2 is 1.89 bits per heavy atom. The van der Waals surface area contributed by atoms with E-state index in [1.807, 2.05) is 0 Å². The van der Waals surface area contributed by atoms with Crippen LogP contribution in [0.4, 0.5) is 0 Å². The summed E-state index contributed by atoms with van der Waals surface area (Å²) < 4.78 is 3.45. The molecule has 0 bridgehead atoms. The van der Waals surface area contributed by atoms with Gasteiger partial charge in [0.15, 0.2) is 0 Å². The number of hydrogen-bond donors (Lipinski definition) is 0. The zero-order valence-electron chi connectivity index (χ0n) is 12.0. The largest absolute Gasteiger partial charge is 0.268 e. The molecule has 1 fully saturated rings. The second-order valence-corrected chi connectivity index (χ2v) is 7.10. The van der Waals surface area contributed by atoms with Crippen molar-refractivity contribution in [2.24, 2.45) is 5.41 Å². The smallest absolute Gasteiger partial charge is 0.0766 e. The van der Waals surface area contributed by atoms with Gasteiger partial charge in [0, 0.05) is 11.9 Å². The average Bonchev–Trinajstić information content (AvgIpc) is 2.76. The van der Waals surface area contributed by atoms with Crippen molar-refractivity contribution in [1.82, 2.24) is 9.78 Å². The SMILES string of the molecule is CCc1nn(CC)c(CC2(CBr)CCCCC2)c1Br. The van der Waals surface area contributed by atoms with Crippen LogP contribution in [0.5, 0.6) is 0 Å². The van der Waals surface area contributed by atoms with Crippen LogP contribution in [0.1, 0.15) is 57.3 Å². The summed E-state index contributed by atoms with van der Waals surface area (Å²) in [6, 6.07) is 0. The van der Waals surface area contributed by atoms with E-state index in [1.165, 1.54) is 48.0 Å². The second-order valence-electron chi connectivity index (χ2n) is 5.75. The van der Waals surface area contributed by atoms with Crippen LogP contribution in [-0.4, -0.2) is 15.1 Å². The van der Waals surface area contributed by atoms with Gasteiger partial charge in [-0.25, -0.2) is 0 Å². The maximum Gasteiger partial charge on any atom is 0.0766 e. The first kappa shape index (κ1) is 15.6. The molecule has 0 amide bonds. The molecule has 2 rings (SSSR count). The van der Waals surface area contributed by atoms with E-state index in [0.29, 0.717) is 5.41 Å². The molecule has 1 aromatic rings. The van der Waals surface area contributed by atoms with Crippen LogP contribution in [-0.2, 0) is 19.4 Å². The molecule has 1 aliphatic rings. The fraction of sp³-hybridized carbons (Fsp3) is 0.800. The van der Waals surface area contributed by atoms with Crippen LogP contribution in [0.15, 0.2) is 4.47 Å². The number of aromatic nitrogens is 2. The minimum absolute atomic E-state index is 0.443. The lowest BCUT2D eigenvalue weighted by atomic mass is 9.72. The highest BCUT2D eigenvalue weighted by molar-refractivity contribution is 9.10. The van der Waals surface area contributed by atoms with Crippen molar-refractivity contribution in [3.05, 3.63) is 15.9 Å².